The number of ether oxygens (including phenoxy) is 3. The second-order valence-electron chi connectivity index (χ2n) is 6.09. The number of imidazole rings is 2. The van der Waals surface area contributed by atoms with Crippen molar-refractivity contribution in [1.82, 2.24) is 18.8 Å². The van der Waals surface area contributed by atoms with Gasteiger partial charge in [-0.25, -0.2) is 19.6 Å². The zero-order valence-corrected chi connectivity index (χ0v) is 17.4. The molecule has 9 nitrogen and oxygen atoms in total. The lowest BCUT2D eigenvalue weighted by Crippen LogP contribution is -2.16. The van der Waals surface area contributed by atoms with E-state index >= 15 is 0 Å². The van der Waals surface area contributed by atoms with Gasteiger partial charge in [-0.15, -0.1) is 22.7 Å². The predicted octanol–water partition coefficient (Wildman–Crippen LogP) is 2.75. The minimum absolute atomic E-state index is 0.0981. The van der Waals surface area contributed by atoms with Crippen molar-refractivity contribution in [3.8, 4) is 0 Å². The van der Waals surface area contributed by atoms with Crippen LogP contribution in [-0.4, -0.2) is 57.1 Å². The molecule has 0 amide bonds. The molecule has 4 aromatic heterocycles. The summed E-state index contributed by atoms with van der Waals surface area (Å²) >= 11 is 2.91. The molecule has 152 valence electrons. The fourth-order valence-electron chi connectivity index (χ4n) is 2.91. The van der Waals surface area contributed by atoms with Gasteiger partial charge in [0.1, 0.15) is 13.2 Å². The summed E-state index contributed by atoms with van der Waals surface area (Å²) in [6.45, 7) is 4.14. The smallest absolute Gasteiger partial charge is 0.357 e. The number of aryl methyl sites for hydroxylation is 2. The fraction of sp³-hybridized carbons (Fsp3) is 0.333. The van der Waals surface area contributed by atoms with Crippen LogP contribution in [0.15, 0.2) is 23.2 Å². The van der Waals surface area contributed by atoms with Crippen LogP contribution in [0.5, 0.6) is 0 Å². The maximum atomic E-state index is 12.3. The lowest BCUT2D eigenvalue weighted by Gasteiger charge is -2.07. The number of thiazole rings is 2. The third-order valence-corrected chi connectivity index (χ3v) is 5.69. The number of hydrogen-bond acceptors (Lipinski definition) is 9. The number of esters is 2. The van der Waals surface area contributed by atoms with Crippen LogP contribution in [0.25, 0.3) is 9.92 Å². The minimum Gasteiger partial charge on any atom is -0.459 e. The average Bonchev–Trinajstić information content (AvgIpc) is 3.41. The first kappa shape index (κ1) is 19.6. The highest BCUT2D eigenvalue weighted by molar-refractivity contribution is 7.15. The van der Waals surface area contributed by atoms with Crippen molar-refractivity contribution in [2.45, 2.75) is 13.8 Å². The summed E-state index contributed by atoms with van der Waals surface area (Å²) in [5.41, 5.74) is 2.10. The van der Waals surface area contributed by atoms with Crippen molar-refractivity contribution in [2.24, 2.45) is 0 Å². The van der Waals surface area contributed by atoms with Crippen molar-refractivity contribution in [3.05, 3.63) is 45.9 Å². The summed E-state index contributed by atoms with van der Waals surface area (Å²) < 4.78 is 19.3. The summed E-state index contributed by atoms with van der Waals surface area (Å²) in [5.74, 6) is -0.890. The highest BCUT2D eigenvalue weighted by atomic mass is 32.1. The van der Waals surface area contributed by atoms with Crippen LogP contribution in [0.1, 0.15) is 32.4 Å². The molecule has 0 atom stereocenters. The quantitative estimate of drug-likeness (QED) is 0.311. The normalized spacial score (nSPS) is 11.4. The Hall–Kier alpha value is -2.76. The molecule has 0 spiro atoms. The van der Waals surface area contributed by atoms with Crippen LogP contribution in [0, 0.1) is 13.8 Å². The van der Waals surface area contributed by atoms with Gasteiger partial charge in [0, 0.05) is 23.2 Å². The molecule has 0 aromatic carbocycles. The number of aromatic nitrogens is 4. The summed E-state index contributed by atoms with van der Waals surface area (Å²) in [6.07, 6.45) is 3.57. The van der Waals surface area contributed by atoms with Gasteiger partial charge in [0.2, 0.25) is 0 Å². The molecule has 0 aliphatic heterocycles. The second kappa shape index (κ2) is 8.31. The van der Waals surface area contributed by atoms with Crippen molar-refractivity contribution >= 4 is 44.5 Å². The van der Waals surface area contributed by atoms with Gasteiger partial charge in [0.15, 0.2) is 21.3 Å². The Labute approximate surface area is 173 Å². The van der Waals surface area contributed by atoms with E-state index in [4.69, 9.17) is 14.2 Å². The van der Waals surface area contributed by atoms with Gasteiger partial charge in [-0.2, -0.15) is 0 Å². The van der Waals surface area contributed by atoms with Gasteiger partial charge in [-0.05, 0) is 13.8 Å². The Morgan fingerprint density at radius 2 is 1.28 bits per heavy atom. The van der Waals surface area contributed by atoms with E-state index in [1.807, 2.05) is 10.8 Å². The van der Waals surface area contributed by atoms with E-state index in [0.717, 1.165) is 9.92 Å². The van der Waals surface area contributed by atoms with E-state index in [0.29, 0.717) is 22.8 Å². The third kappa shape index (κ3) is 3.88. The van der Waals surface area contributed by atoms with E-state index in [9.17, 15) is 9.59 Å². The molecule has 4 rings (SSSR count). The summed E-state index contributed by atoms with van der Waals surface area (Å²) in [6, 6.07) is 0. The van der Waals surface area contributed by atoms with Crippen LogP contribution in [0.3, 0.4) is 0 Å². The van der Waals surface area contributed by atoms with Crippen molar-refractivity contribution in [1.29, 1.82) is 0 Å². The second-order valence-corrected chi connectivity index (χ2v) is 7.83. The minimum atomic E-state index is -0.445. The number of carbonyl (C=O) groups is 2. The third-order valence-electron chi connectivity index (χ3n) is 4.18. The number of rotatable bonds is 8. The Kier molecular flexibility index (Phi) is 5.60. The molecule has 0 radical (unpaired) electrons. The van der Waals surface area contributed by atoms with E-state index < -0.39 is 11.9 Å². The number of fused-ring (bicyclic) bond motifs is 2. The molecule has 0 aliphatic carbocycles. The SMILES string of the molecule is Cc1nc2sccn2c1C(=O)OCCOCCOC(=O)c1c(C)nc2sccn12. The molecule has 0 bridgehead atoms. The molecular weight excluding hydrogens is 416 g/mol. The lowest BCUT2D eigenvalue weighted by atomic mass is 10.3. The number of hydrogen-bond donors (Lipinski definition) is 0. The van der Waals surface area contributed by atoms with Gasteiger partial charge >= 0.3 is 11.9 Å². The zero-order valence-electron chi connectivity index (χ0n) is 15.8. The van der Waals surface area contributed by atoms with E-state index in [1.165, 1.54) is 22.7 Å². The van der Waals surface area contributed by atoms with Gasteiger partial charge in [-0.1, -0.05) is 0 Å². The van der Waals surface area contributed by atoms with E-state index in [-0.39, 0.29) is 26.4 Å². The predicted molar refractivity (Wildman–Crippen MR) is 107 cm³/mol. The van der Waals surface area contributed by atoms with E-state index in [1.54, 1.807) is 35.0 Å². The molecule has 11 heteroatoms. The van der Waals surface area contributed by atoms with Crippen LogP contribution >= 0.6 is 22.7 Å². The highest BCUT2D eigenvalue weighted by Gasteiger charge is 2.19. The van der Waals surface area contributed by atoms with Crippen molar-refractivity contribution in [3.63, 3.8) is 0 Å². The topological polar surface area (TPSA) is 96.4 Å². The van der Waals surface area contributed by atoms with Crippen molar-refractivity contribution in [2.75, 3.05) is 26.4 Å². The Morgan fingerprint density at radius 3 is 1.72 bits per heavy atom. The summed E-state index contributed by atoms with van der Waals surface area (Å²) in [7, 11) is 0. The maximum Gasteiger partial charge on any atom is 0.357 e. The summed E-state index contributed by atoms with van der Waals surface area (Å²) in [5, 5.41) is 3.72. The van der Waals surface area contributed by atoms with Gasteiger partial charge in [0.05, 0.1) is 24.6 Å². The van der Waals surface area contributed by atoms with Crippen LogP contribution in [-0.2, 0) is 14.2 Å². The molecule has 0 saturated heterocycles. The first-order valence-corrected chi connectivity index (χ1v) is 10.6. The molecule has 0 fully saturated rings. The Balaban J connectivity index is 1.18. The largest absolute Gasteiger partial charge is 0.459 e. The molecule has 29 heavy (non-hydrogen) atoms. The standard InChI is InChI=1S/C18H18N4O5S2/c1-11-13(21-3-9-28-17(21)19-11)15(23)26-7-5-25-6-8-27-16(24)14-12(2)20-18-22(14)4-10-29-18/h3-4,9-10H,5-8H2,1-2H3. The van der Waals surface area contributed by atoms with Crippen LogP contribution in [0.2, 0.25) is 0 Å². The van der Waals surface area contributed by atoms with Gasteiger partial charge in [0.25, 0.3) is 0 Å². The molecule has 0 aliphatic rings. The molecular formula is C18H18N4O5S2. The number of carbonyl (C=O) groups excluding carboxylic acids is 2. The average molecular weight is 434 g/mol. The lowest BCUT2D eigenvalue weighted by molar-refractivity contribution is 0.0144. The van der Waals surface area contributed by atoms with Crippen LogP contribution in [0.4, 0.5) is 0 Å². The maximum absolute atomic E-state index is 12.3. The van der Waals surface area contributed by atoms with Gasteiger partial charge < -0.3 is 14.2 Å². The highest BCUT2D eigenvalue weighted by Crippen LogP contribution is 2.18. The fourth-order valence-corrected chi connectivity index (χ4v) is 4.42. The Bertz CT molecular complexity index is 1080. The van der Waals surface area contributed by atoms with Gasteiger partial charge in [-0.3, -0.25) is 8.80 Å². The monoisotopic (exact) mass is 434 g/mol. The van der Waals surface area contributed by atoms with E-state index in [2.05, 4.69) is 9.97 Å². The first-order chi connectivity index (χ1) is 14.1. The zero-order chi connectivity index (χ0) is 20.4. The molecule has 4 aromatic rings. The molecule has 0 unspecified atom stereocenters. The summed E-state index contributed by atoms with van der Waals surface area (Å²) in [4.78, 5) is 34.6. The van der Waals surface area contributed by atoms with Crippen molar-refractivity contribution < 1.29 is 23.8 Å². The molecule has 4 heterocycles. The number of nitrogens with zero attached hydrogens (tertiary/aromatic N) is 4. The van der Waals surface area contributed by atoms with Crippen LogP contribution < -0.4 is 0 Å². The molecule has 0 saturated carbocycles. The molecule has 0 N–H and O–H groups in total. The Morgan fingerprint density at radius 1 is 0.828 bits per heavy atom. The first-order valence-electron chi connectivity index (χ1n) is 8.82.